The number of pyridine rings is 1. The fourth-order valence-electron chi connectivity index (χ4n) is 4.33. The van der Waals surface area contributed by atoms with Crippen LogP contribution in [0.2, 0.25) is 5.15 Å². The Balaban J connectivity index is 1.54. The van der Waals surface area contributed by atoms with E-state index in [0.717, 1.165) is 31.1 Å². The maximum absolute atomic E-state index is 11.5. The van der Waals surface area contributed by atoms with E-state index in [-0.39, 0.29) is 11.9 Å². The summed E-state index contributed by atoms with van der Waals surface area (Å²) in [5, 5.41) is 16.8. The monoisotopic (exact) mass is 449 g/mol. The van der Waals surface area contributed by atoms with E-state index in [1.807, 2.05) is 0 Å². The first-order chi connectivity index (χ1) is 14.3. The highest BCUT2D eigenvalue weighted by atomic mass is 35.5. The number of amides is 2. The average molecular weight is 450 g/mol. The van der Waals surface area contributed by atoms with Crippen LogP contribution in [0.25, 0.3) is 10.6 Å². The van der Waals surface area contributed by atoms with Gasteiger partial charge in [-0.25, -0.2) is 4.98 Å². The minimum Gasteiger partial charge on any atom is -0.373 e. The number of anilines is 2. The molecule has 0 radical (unpaired) electrons. The van der Waals surface area contributed by atoms with Crippen molar-refractivity contribution in [2.45, 2.75) is 38.8 Å². The molecule has 2 aromatic heterocycles. The maximum atomic E-state index is 11.5. The van der Waals surface area contributed by atoms with E-state index in [2.05, 4.69) is 30.7 Å². The Labute approximate surface area is 183 Å². The molecule has 1 saturated carbocycles. The minimum atomic E-state index is -0.571. The van der Waals surface area contributed by atoms with Gasteiger partial charge in [-0.1, -0.05) is 22.9 Å². The number of carbonyl (C=O) groups excluding carboxylic acids is 2. The van der Waals surface area contributed by atoms with Gasteiger partial charge in [-0.15, -0.1) is 10.2 Å². The molecule has 160 valence electrons. The molecule has 1 unspecified atom stereocenters. The molecule has 3 heterocycles. The number of nitrogens with one attached hydrogen (secondary N) is 2. The first-order valence-electron chi connectivity index (χ1n) is 9.89. The predicted molar refractivity (Wildman–Crippen MR) is 116 cm³/mol. The Morgan fingerprint density at radius 1 is 1.30 bits per heavy atom. The van der Waals surface area contributed by atoms with Crippen molar-refractivity contribution >= 4 is 45.6 Å². The second-order valence-corrected chi connectivity index (χ2v) is 9.28. The van der Waals surface area contributed by atoms with Crippen LogP contribution in [0.5, 0.6) is 0 Å². The average Bonchev–Trinajstić information content (AvgIpc) is 3.23. The first-order valence-corrected chi connectivity index (χ1v) is 11.1. The molecule has 30 heavy (non-hydrogen) atoms. The van der Waals surface area contributed by atoms with E-state index in [4.69, 9.17) is 17.3 Å². The van der Waals surface area contributed by atoms with Crippen LogP contribution in [0, 0.1) is 11.8 Å². The number of carbonyl (C=O) groups is 2. The Morgan fingerprint density at radius 2 is 2.00 bits per heavy atom. The van der Waals surface area contributed by atoms with Crippen molar-refractivity contribution < 1.29 is 9.59 Å². The van der Waals surface area contributed by atoms with E-state index >= 15 is 0 Å². The fraction of sp³-hybridized carbons (Fsp3) is 0.526. The first kappa shape index (κ1) is 20.8. The zero-order valence-electron chi connectivity index (χ0n) is 16.8. The highest BCUT2D eigenvalue weighted by Crippen LogP contribution is 2.41. The number of piperidine rings is 1. The Morgan fingerprint density at radius 3 is 2.63 bits per heavy atom. The number of fused-ring (bicyclic) bond motifs is 2. The van der Waals surface area contributed by atoms with Crippen molar-refractivity contribution in [3.05, 3.63) is 17.4 Å². The third kappa shape index (κ3) is 4.20. The van der Waals surface area contributed by atoms with E-state index in [1.54, 1.807) is 26.1 Å². The second-order valence-electron chi connectivity index (χ2n) is 7.94. The fourth-order valence-corrected chi connectivity index (χ4v) is 5.37. The van der Waals surface area contributed by atoms with Crippen molar-refractivity contribution in [2.24, 2.45) is 17.6 Å². The molecular formula is C19H24ClN7O2S. The van der Waals surface area contributed by atoms with Gasteiger partial charge >= 0.3 is 0 Å². The van der Waals surface area contributed by atoms with Gasteiger partial charge in [0, 0.05) is 37.9 Å². The van der Waals surface area contributed by atoms with Gasteiger partial charge < -0.3 is 21.3 Å². The van der Waals surface area contributed by atoms with Gasteiger partial charge in [0.05, 0.1) is 5.56 Å². The Bertz CT molecular complexity index is 954. The predicted octanol–water partition coefficient (Wildman–Crippen LogP) is 1.89. The lowest BCUT2D eigenvalue weighted by Crippen LogP contribution is -2.52. The summed E-state index contributed by atoms with van der Waals surface area (Å²) >= 11 is 7.52. The summed E-state index contributed by atoms with van der Waals surface area (Å²) in [6.07, 6.45) is 3.84. The number of hydrogen-bond acceptors (Lipinski definition) is 8. The quantitative estimate of drug-likeness (QED) is 0.575. The molecule has 0 spiro atoms. The van der Waals surface area contributed by atoms with Crippen LogP contribution in [0.4, 0.5) is 10.8 Å². The largest absolute Gasteiger partial charge is 0.373 e. The Kier molecular flexibility index (Phi) is 5.79. The molecule has 9 nitrogen and oxygen atoms in total. The maximum Gasteiger partial charge on any atom is 0.239 e. The summed E-state index contributed by atoms with van der Waals surface area (Å²) in [5.41, 5.74) is 6.73. The summed E-state index contributed by atoms with van der Waals surface area (Å²) in [6.45, 7) is 4.95. The molecule has 4 N–H and O–H groups in total. The summed E-state index contributed by atoms with van der Waals surface area (Å²) in [4.78, 5) is 29.4. The number of aromatic nitrogens is 3. The topological polar surface area (TPSA) is 126 Å². The zero-order chi connectivity index (χ0) is 21.4. The molecular weight excluding hydrogens is 426 g/mol. The molecule has 2 aromatic rings. The SMILES string of the molecule is CC(=O)NC1[C@@H]2CC[C@H]1CN(c1nnc(-c3cnc(Cl)cc3N[C@H](C)C(N)=O)s1)C2. The lowest BCUT2D eigenvalue weighted by atomic mass is 9.92. The summed E-state index contributed by atoms with van der Waals surface area (Å²) < 4.78 is 0. The molecule has 0 aromatic carbocycles. The zero-order valence-corrected chi connectivity index (χ0v) is 18.3. The number of hydrogen-bond donors (Lipinski definition) is 3. The van der Waals surface area contributed by atoms with Crippen LogP contribution in [0.15, 0.2) is 12.3 Å². The highest BCUT2D eigenvalue weighted by molar-refractivity contribution is 7.18. The van der Waals surface area contributed by atoms with Crippen molar-refractivity contribution in [1.82, 2.24) is 20.5 Å². The van der Waals surface area contributed by atoms with Gasteiger partial charge in [-0.2, -0.15) is 0 Å². The van der Waals surface area contributed by atoms with Crippen molar-refractivity contribution in [3.8, 4) is 10.6 Å². The lowest BCUT2D eigenvalue weighted by molar-refractivity contribution is -0.120. The molecule has 1 saturated heterocycles. The lowest BCUT2D eigenvalue weighted by Gasteiger charge is -2.37. The summed E-state index contributed by atoms with van der Waals surface area (Å²) in [6, 6.07) is 1.33. The van der Waals surface area contributed by atoms with E-state index < -0.39 is 11.9 Å². The van der Waals surface area contributed by atoms with Gasteiger partial charge in [-0.3, -0.25) is 9.59 Å². The molecule has 1 aliphatic carbocycles. The molecule has 2 amide bonds. The molecule has 11 heteroatoms. The summed E-state index contributed by atoms with van der Waals surface area (Å²) in [5.74, 6) is 0.407. The number of nitrogens with two attached hydrogens (primary N) is 1. The van der Waals surface area contributed by atoms with Gasteiger partial charge in [0.2, 0.25) is 16.9 Å². The van der Waals surface area contributed by atoms with E-state index in [1.165, 1.54) is 11.3 Å². The van der Waals surface area contributed by atoms with Crippen LogP contribution in [0.3, 0.4) is 0 Å². The van der Waals surface area contributed by atoms with Gasteiger partial charge in [0.25, 0.3) is 0 Å². The number of halogens is 1. The van der Waals surface area contributed by atoms with Crippen molar-refractivity contribution in [2.75, 3.05) is 23.3 Å². The van der Waals surface area contributed by atoms with Crippen LogP contribution in [-0.4, -0.2) is 52.2 Å². The van der Waals surface area contributed by atoms with Gasteiger partial charge in [-0.05, 0) is 37.7 Å². The molecule has 4 atom stereocenters. The summed E-state index contributed by atoms with van der Waals surface area (Å²) in [7, 11) is 0. The van der Waals surface area contributed by atoms with Gasteiger partial charge in [0.1, 0.15) is 11.2 Å². The van der Waals surface area contributed by atoms with Crippen LogP contribution in [-0.2, 0) is 9.59 Å². The van der Waals surface area contributed by atoms with Crippen molar-refractivity contribution in [3.63, 3.8) is 0 Å². The van der Waals surface area contributed by atoms with Crippen LogP contribution in [0.1, 0.15) is 26.7 Å². The van der Waals surface area contributed by atoms with E-state index in [9.17, 15) is 9.59 Å². The molecule has 2 fully saturated rings. The third-order valence-corrected chi connectivity index (χ3v) is 7.01. The number of nitrogens with zero attached hydrogens (tertiary/aromatic N) is 4. The van der Waals surface area contributed by atoms with E-state index in [0.29, 0.717) is 33.2 Å². The molecule has 2 bridgehead atoms. The molecule has 4 rings (SSSR count). The second kappa shape index (κ2) is 8.35. The number of primary amides is 1. The smallest absolute Gasteiger partial charge is 0.239 e. The highest BCUT2D eigenvalue weighted by Gasteiger charge is 2.43. The van der Waals surface area contributed by atoms with Crippen LogP contribution >= 0.6 is 22.9 Å². The standard InChI is InChI=1S/C19H24ClN7O2S/c1-9(17(21)29)23-14-5-15(20)22-6-13(14)18-25-26-19(30-18)27-7-11-3-4-12(8-27)16(11)24-10(2)28/h5-6,9,11-12,16H,3-4,7-8H2,1-2H3,(H2,21,29)(H,22,23)(H,24,28)/t9-,11-,12+,16?/m1/s1. The molecule has 1 aliphatic heterocycles. The van der Waals surface area contributed by atoms with Gasteiger partial charge in [0.15, 0.2) is 5.01 Å². The molecule has 2 aliphatic rings. The van der Waals surface area contributed by atoms with Crippen molar-refractivity contribution in [1.29, 1.82) is 0 Å². The third-order valence-electron chi connectivity index (χ3n) is 5.79. The van der Waals surface area contributed by atoms with Crippen LogP contribution < -0.4 is 21.3 Å². The minimum absolute atomic E-state index is 0.0315. The normalized spacial score (nSPS) is 23.8. The number of rotatable bonds is 6. The Hall–Kier alpha value is -2.46.